The lowest BCUT2D eigenvalue weighted by Crippen LogP contribution is -2.32. The van der Waals surface area contributed by atoms with Crippen LogP contribution in [0.1, 0.15) is 16.8 Å². The van der Waals surface area contributed by atoms with Gasteiger partial charge in [0.25, 0.3) is 5.91 Å². The summed E-state index contributed by atoms with van der Waals surface area (Å²) >= 11 is 0. The van der Waals surface area contributed by atoms with Gasteiger partial charge >= 0.3 is 0 Å². The lowest BCUT2D eigenvalue weighted by Gasteiger charge is -2.16. The number of nitrogens with zero attached hydrogens (tertiary/aromatic N) is 1. The van der Waals surface area contributed by atoms with E-state index in [1.54, 1.807) is 39.5 Å². The van der Waals surface area contributed by atoms with Crippen molar-refractivity contribution in [1.82, 2.24) is 9.88 Å². The molecule has 1 heterocycles. The lowest BCUT2D eigenvalue weighted by atomic mass is 10.1. The van der Waals surface area contributed by atoms with Gasteiger partial charge in [-0.25, -0.2) is 0 Å². The molecule has 6 heteroatoms. The fourth-order valence-electron chi connectivity index (χ4n) is 2.24. The third-order valence-electron chi connectivity index (χ3n) is 3.51. The Morgan fingerprint density at radius 3 is 2.77 bits per heavy atom. The second-order valence-corrected chi connectivity index (χ2v) is 5.02. The maximum atomic E-state index is 12.5. The van der Waals surface area contributed by atoms with Crippen molar-refractivity contribution in [3.8, 4) is 5.75 Å². The SMILES string of the molecule is COCCCN(C)C(=O)c1c[nH]c2cc(OC)ccc2c1=O. The van der Waals surface area contributed by atoms with E-state index in [4.69, 9.17) is 9.47 Å². The number of nitrogens with one attached hydrogen (secondary N) is 1. The van der Waals surface area contributed by atoms with E-state index in [0.717, 1.165) is 6.42 Å². The summed E-state index contributed by atoms with van der Waals surface area (Å²) in [6, 6.07) is 5.09. The average molecular weight is 304 g/mol. The molecule has 0 fully saturated rings. The van der Waals surface area contributed by atoms with Gasteiger partial charge in [0, 0.05) is 45.0 Å². The number of methoxy groups -OCH3 is 2. The highest BCUT2D eigenvalue weighted by molar-refractivity contribution is 5.97. The van der Waals surface area contributed by atoms with Gasteiger partial charge in [0.15, 0.2) is 0 Å². The van der Waals surface area contributed by atoms with E-state index < -0.39 is 0 Å². The molecular formula is C16H20N2O4. The molecule has 0 atom stereocenters. The average Bonchev–Trinajstić information content (AvgIpc) is 2.54. The Hall–Kier alpha value is -2.34. The fourth-order valence-corrected chi connectivity index (χ4v) is 2.24. The summed E-state index contributed by atoms with van der Waals surface area (Å²) in [5, 5.41) is 0.469. The van der Waals surface area contributed by atoms with E-state index in [9.17, 15) is 9.59 Å². The largest absolute Gasteiger partial charge is 0.497 e. The lowest BCUT2D eigenvalue weighted by molar-refractivity contribution is 0.0778. The highest BCUT2D eigenvalue weighted by Gasteiger charge is 2.17. The first-order valence-corrected chi connectivity index (χ1v) is 7.02. The van der Waals surface area contributed by atoms with Crippen LogP contribution < -0.4 is 10.2 Å². The molecule has 0 spiro atoms. The van der Waals surface area contributed by atoms with Crippen LogP contribution in [-0.4, -0.2) is 50.2 Å². The minimum absolute atomic E-state index is 0.137. The molecule has 2 rings (SSSR count). The molecular weight excluding hydrogens is 284 g/mol. The normalized spacial score (nSPS) is 10.7. The first-order chi connectivity index (χ1) is 10.6. The monoisotopic (exact) mass is 304 g/mol. The summed E-state index contributed by atoms with van der Waals surface area (Å²) in [5.74, 6) is 0.356. The van der Waals surface area contributed by atoms with Gasteiger partial charge in [-0.1, -0.05) is 0 Å². The van der Waals surface area contributed by atoms with Crippen LogP contribution in [0.4, 0.5) is 0 Å². The van der Waals surface area contributed by atoms with Gasteiger partial charge in [-0.3, -0.25) is 9.59 Å². The molecule has 1 N–H and O–H groups in total. The number of H-pyrrole nitrogens is 1. The summed E-state index contributed by atoms with van der Waals surface area (Å²) in [7, 11) is 4.85. The highest BCUT2D eigenvalue weighted by Crippen LogP contribution is 2.17. The number of aromatic nitrogens is 1. The van der Waals surface area contributed by atoms with Crippen LogP contribution in [0.15, 0.2) is 29.2 Å². The van der Waals surface area contributed by atoms with Crippen molar-refractivity contribution in [2.45, 2.75) is 6.42 Å². The first kappa shape index (κ1) is 16.0. The van der Waals surface area contributed by atoms with E-state index in [2.05, 4.69) is 4.98 Å². The standard InChI is InChI=1S/C16H20N2O4/c1-18(7-4-8-21-2)16(20)13-10-17-14-9-11(22-3)5-6-12(14)15(13)19/h5-6,9-10H,4,7-8H2,1-3H3,(H,17,19). The zero-order chi connectivity index (χ0) is 16.1. The van der Waals surface area contributed by atoms with Gasteiger partial charge in [-0.2, -0.15) is 0 Å². The summed E-state index contributed by atoms with van der Waals surface area (Å²) in [6.45, 7) is 1.11. The van der Waals surface area contributed by atoms with Crippen LogP contribution in [0.25, 0.3) is 10.9 Å². The quantitative estimate of drug-likeness (QED) is 0.824. The molecule has 22 heavy (non-hydrogen) atoms. The van der Waals surface area contributed by atoms with E-state index in [1.807, 2.05) is 0 Å². The molecule has 1 aromatic heterocycles. The number of fused-ring (bicyclic) bond motifs is 1. The van der Waals surface area contributed by atoms with E-state index in [1.165, 1.54) is 11.1 Å². The van der Waals surface area contributed by atoms with Gasteiger partial charge in [-0.15, -0.1) is 0 Å². The zero-order valence-electron chi connectivity index (χ0n) is 13.0. The fraction of sp³-hybridized carbons (Fsp3) is 0.375. The number of carbonyl (C=O) groups is 1. The summed E-state index contributed by atoms with van der Waals surface area (Å²) in [5.41, 5.74) is 0.500. The minimum Gasteiger partial charge on any atom is -0.497 e. The molecule has 1 aromatic carbocycles. The molecule has 0 radical (unpaired) electrons. The number of hydrogen-bond acceptors (Lipinski definition) is 4. The molecule has 0 aliphatic carbocycles. The molecule has 1 amide bonds. The maximum absolute atomic E-state index is 12.5. The molecule has 0 bridgehead atoms. The number of amides is 1. The van der Waals surface area contributed by atoms with Crippen molar-refractivity contribution in [2.75, 3.05) is 34.4 Å². The van der Waals surface area contributed by atoms with Crippen molar-refractivity contribution in [3.63, 3.8) is 0 Å². The minimum atomic E-state index is -0.296. The van der Waals surface area contributed by atoms with Crippen molar-refractivity contribution >= 4 is 16.8 Å². The number of ether oxygens (including phenoxy) is 2. The number of carbonyl (C=O) groups excluding carboxylic acids is 1. The Bertz CT molecular complexity index is 724. The van der Waals surface area contributed by atoms with E-state index in [0.29, 0.717) is 29.8 Å². The summed E-state index contributed by atoms with van der Waals surface area (Å²) in [6.07, 6.45) is 2.18. The smallest absolute Gasteiger partial charge is 0.259 e. The van der Waals surface area contributed by atoms with Gasteiger partial charge < -0.3 is 19.4 Å². The summed E-state index contributed by atoms with van der Waals surface area (Å²) in [4.78, 5) is 29.4. The Balaban J connectivity index is 2.30. The molecule has 2 aromatic rings. The topological polar surface area (TPSA) is 71.6 Å². The Kier molecular flexibility index (Phi) is 5.16. The molecule has 0 saturated heterocycles. The Morgan fingerprint density at radius 2 is 2.09 bits per heavy atom. The van der Waals surface area contributed by atoms with Crippen molar-refractivity contribution in [3.05, 3.63) is 40.2 Å². The zero-order valence-corrected chi connectivity index (χ0v) is 13.0. The van der Waals surface area contributed by atoms with Crippen molar-refractivity contribution in [1.29, 1.82) is 0 Å². The predicted octanol–water partition coefficient (Wildman–Crippen LogP) is 1.65. The maximum Gasteiger partial charge on any atom is 0.259 e. The number of hydrogen-bond donors (Lipinski definition) is 1. The van der Waals surface area contributed by atoms with E-state index >= 15 is 0 Å². The number of pyridine rings is 1. The third-order valence-corrected chi connectivity index (χ3v) is 3.51. The highest BCUT2D eigenvalue weighted by atomic mass is 16.5. The molecule has 118 valence electrons. The molecule has 0 aliphatic heterocycles. The Morgan fingerprint density at radius 1 is 1.32 bits per heavy atom. The molecule has 0 aliphatic rings. The van der Waals surface area contributed by atoms with Crippen LogP contribution in [0.5, 0.6) is 5.75 Å². The van der Waals surface area contributed by atoms with Gasteiger partial charge in [0.05, 0.1) is 12.6 Å². The molecule has 6 nitrogen and oxygen atoms in total. The second-order valence-electron chi connectivity index (χ2n) is 5.02. The van der Waals surface area contributed by atoms with Gasteiger partial charge in [-0.05, 0) is 18.6 Å². The molecule has 0 unspecified atom stereocenters. The Labute approximate surface area is 128 Å². The number of benzene rings is 1. The van der Waals surface area contributed by atoms with Crippen LogP contribution >= 0.6 is 0 Å². The van der Waals surface area contributed by atoms with Crippen LogP contribution in [0, 0.1) is 0 Å². The first-order valence-electron chi connectivity index (χ1n) is 7.02. The van der Waals surface area contributed by atoms with Gasteiger partial charge in [0.2, 0.25) is 5.43 Å². The van der Waals surface area contributed by atoms with Crippen molar-refractivity contribution in [2.24, 2.45) is 0 Å². The molecule has 0 saturated carbocycles. The van der Waals surface area contributed by atoms with Crippen LogP contribution in [-0.2, 0) is 4.74 Å². The van der Waals surface area contributed by atoms with Crippen LogP contribution in [0.3, 0.4) is 0 Å². The van der Waals surface area contributed by atoms with E-state index in [-0.39, 0.29) is 16.9 Å². The van der Waals surface area contributed by atoms with Gasteiger partial charge in [0.1, 0.15) is 11.3 Å². The summed E-state index contributed by atoms with van der Waals surface area (Å²) < 4.78 is 10.1. The third kappa shape index (κ3) is 3.28. The van der Waals surface area contributed by atoms with Crippen molar-refractivity contribution < 1.29 is 14.3 Å². The number of aromatic amines is 1. The predicted molar refractivity (Wildman–Crippen MR) is 84.6 cm³/mol. The second kappa shape index (κ2) is 7.09. The number of rotatable bonds is 6. The van der Waals surface area contributed by atoms with Crippen LogP contribution in [0.2, 0.25) is 0 Å².